The van der Waals surface area contributed by atoms with Crippen LogP contribution in [0.15, 0.2) is 12.1 Å². The zero-order valence-electron chi connectivity index (χ0n) is 9.55. The number of ether oxygens (including phenoxy) is 2. The van der Waals surface area contributed by atoms with E-state index in [1.807, 2.05) is 12.1 Å². The van der Waals surface area contributed by atoms with E-state index >= 15 is 0 Å². The van der Waals surface area contributed by atoms with Gasteiger partial charge in [-0.3, -0.25) is 0 Å². The van der Waals surface area contributed by atoms with E-state index in [2.05, 4.69) is 5.32 Å². The number of benzene rings is 1. The van der Waals surface area contributed by atoms with Crippen molar-refractivity contribution in [3.8, 4) is 11.5 Å². The van der Waals surface area contributed by atoms with Gasteiger partial charge in [-0.2, -0.15) is 0 Å². The molecule has 88 valence electrons. The average Bonchev–Trinajstić information content (AvgIpc) is 2.81. The van der Waals surface area contributed by atoms with E-state index in [4.69, 9.17) is 21.1 Å². The molecule has 2 rings (SSSR count). The zero-order valence-corrected chi connectivity index (χ0v) is 10.3. The molecule has 1 saturated heterocycles. The molecule has 1 unspecified atom stereocenters. The van der Waals surface area contributed by atoms with Crippen molar-refractivity contribution in [2.24, 2.45) is 0 Å². The summed E-state index contributed by atoms with van der Waals surface area (Å²) in [6, 6.07) is 3.76. The van der Waals surface area contributed by atoms with Crippen LogP contribution in [0.2, 0.25) is 5.02 Å². The van der Waals surface area contributed by atoms with E-state index in [0.717, 1.165) is 30.8 Å². The molecule has 1 atom stereocenters. The van der Waals surface area contributed by atoms with Crippen LogP contribution in [0.3, 0.4) is 0 Å². The van der Waals surface area contributed by atoms with Gasteiger partial charge < -0.3 is 14.8 Å². The topological polar surface area (TPSA) is 30.5 Å². The van der Waals surface area contributed by atoms with Gasteiger partial charge >= 0.3 is 0 Å². The summed E-state index contributed by atoms with van der Waals surface area (Å²) in [4.78, 5) is 0. The highest BCUT2D eigenvalue weighted by Gasteiger charge is 2.24. The molecular weight excluding hydrogens is 226 g/mol. The molecule has 1 heterocycles. The van der Waals surface area contributed by atoms with Gasteiger partial charge in [0.25, 0.3) is 0 Å². The standard InChI is InChI=1S/C12H16ClNO2/c1-15-9-3-4-10(16-2)12(13)11(9)8-5-6-14-7-8/h3-4,8,14H,5-7H2,1-2H3. The minimum absolute atomic E-state index is 0.414. The first-order valence-electron chi connectivity index (χ1n) is 5.39. The number of hydrogen-bond donors (Lipinski definition) is 1. The first kappa shape index (κ1) is 11.6. The molecule has 0 saturated carbocycles. The fourth-order valence-electron chi connectivity index (χ4n) is 2.17. The second-order valence-electron chi connectivity index (χ2n) is 3.89. The van der Waals surface area contributed by atoms with Gasteiger partial charge in [-0.05, 0) is 25.1 Å². The van der Waals surface area contributed by atoms with E-state index in [1.165, 1.54) is 0 Å². The van der Waals surface area contributed by atoms with Gasteiger partial charge in [-0.1, -0.05) is 11.6 Å². The van der Waals surface area contributed by atoms with Crippen LogP contribution in [0.5, 0.6) is 11.5 Å². The fraction of sp³-hybridized carbons (Fsp3) is 0.500. The number of halogens is 1. The Morgan fingerprint density at radius 1 is 1.25 bits per heavy atom. The highest BCUT2D eigenvalue weighted by atomic mass is 35.5. The van der Waals surface area contributed by atoms with Crippen molar-refractivity contribution < 1.29 is 9.47 Å². The van der Waals surface area contributed by atoms with Crippen molar-refractivity contribution in [1.82, 2.24) is 5.32 Å². The molecule has 4 heteroatoms. The highest BCUT2D eigenvalue weighted by Crippen LogP contribution is 2.41. The lowest BCUT2D eigenvalue weighted by molar-refractivity contribution is 0.396. The lowest BCUT2D eigenvalue weighted by Gasteiger charge is -2.17. The first-order valence-corrected chi connectivity index (χ1v) is 5.76. The van der Waals surface area contributed by atoms with Crippen LogP contribution in [0.1, 0.15) is 17.9 Å². The number of nitrogens with one attached hydrogen (secondary N) is 1. The van der Waals surface area contributed by atoms with Crippen molar-refractivity contribution in [2.45, 2.75) is 12.3 Å². The van der Waals surface area contributed by atoms with Gasteiger partial charge in [0.15, 0.2) is 0 Å². The van der Waals surface area contributed by atoms with Crippen molar-refractivity contribution >= 4 is 11.6 Å². The van der Waals surface area contributed by atoms with Crippen LogP contribution in [0.25, 0.3) is 0 Å². The largest absolute Gasteiger partial charge is 0.496 e. The second-order valence-corrected chi connectivity index (χ2v) is 4.27. The summed E-state index contributed by atoms with van der Waals surface area (Å²) in [6.45, 7) is 1.98. The molecule has 0 aliphatic carbocycles. The fourth-order valence-corrected chi connectivity index (χ4v) is 2.56. The maximum absolute atomic E-state index is 6.34. The monoisotopic (exact) mass is 241 g/mol. The first-order chi connectivity index (χ1) is 7.77. The normalized spacial score (nSPS) is 19.8. The molecule has 1 aromatic rings. The molecule has 16 heavy (non-hydrogen) atoms. The Kier molecular flexibility index (Phi) is 3.56. The summed E-state index contributed by atoms with van der Waals surface area (Å²) >= 11 is 6.34. The van der Waals surface area contributed by atoms with E-state index in [-0.39, 0.29) is 0 Å². The molecule has 0 aromatic heterocycles. The average molecular weight is 242 g/mol. The Morgan fingerprint density at radius 3 is 2.50 bits per heavy atom. The molecule has 0 amide bonds. The van der Waals surface area contributed by atoms with Crippen LogP contribution < -0.4 is 14.8 Å². The lowest BCUT2D eigenvalue weighted by Crippen LogP contribution is -2.09. The molecule has 3 nitrogen and oxygen atoms in total. The van der Waals surface area contributed by atoms with Crippen molar-refractivity contribution in [3.05, 3.63) is 22.7 Å². The van der Waals surface area contributed by atoms with E-state index in [1.54, 1.807) is 14.2 Å². The smallest absolute Gasteiger partial charge is 0.138 e. The minimum atomic E-state index is 0.414. The molecule has 1 aliphatic heterocycles. The maximum Gasteiger partial charge on any atom is 0.138 e. The molecule has 0 radical (unpaired) electrons. The Hall–Kier alpha value is -0.930. The molecule has 1 fully saturated rings. The molecular formula is C12H16ClNO2. The summed E-state index contributed by atoms with van der Waals surface area (Å²) in [7, 11) is 3.30. The molecule has 0 bridgehead atoms. The van der Waals surface area contributed by atoms with Crippen LogP contribution >= 0.6 is 11.6 Å². The summed E-state index contributed by atoms with van der Waals surface area (Å²) in [5.74, 6) is 1.97. The van der Waals surface area contributed by atoms with E-state index in [0.29, 0.717) is 16.7 Å². The molecule has 1 aliphatic rings. The van der Waals surface area contributed by atoms with Gasteiger partial charge in [0.2, 0.25) is 0 Å². The lowest BCUT2D eigenvalue weighted by atomic mass is 9.97. The van der Waals surface area contributed by atoms with Gasteiger partial charge in [-0.15, -0.1) is 0 Å². The Balaban J connectivity index is 2.45. The quantitative estimate of drug-likeness (QED) is 0.882. The summed E-state index contributed by atoms with van der Waals surface area (Å²) in [5, 5.41) is 4.01. The van der Waals surface area contributed by atoms with E-state index in [9.17, 15) is 0 Å². The van der Waals surface area contributed by atoms with Crippen LogP contribution in [0.4, 0.5) is 0 Å². The van der Waals surface area contributed by atoms with Crippen LogP contribution in [-0.2, 0) is 0 Å². The third-order valence-electron chi connectivity index (χ3n) is 3.01. The maximum atomic E-state index is 6.34. The minimum Gasteiger partial charge on any atom is -0.496 e. The Bertz CT molecular complexity index is 376. The Labute approximate surface area is 101 Å². The van der Waals surface area contributed by atoms with Crippen molar-refractivity contribution in [3.63, 3.8) is 0 Å². The third-order valence-corrected chi connectivity index (χ3v) is 3.40. The number of rotatable bonds is 3. The second kappa shape index (κ2) is 4.93. The van der Waals surface area contributed by atoms with Gasteiger partial charge in [0.05, 0.1) is 19.2 Å². The third kappa shape index (κ3) is 1.97. The van der Waals surface area contributed by atoms with E-state index < -0.39 is 0 Å². The SMILES string of the molecule is COc1ccc(OC)c(C2CCNC2)c1Cl. The van der Waals surface area contributed by atoms with Crippen LogP contribution in [0, 0.1) is 0 Å². The summed E-state index contributed by atoms with van der Waals surface area (Å²) in [6.07, 6.45) is 1.09. The van der Waals surface area contributed by atoms with Crippen LogP contribution in [-0.4, -0.2) is 27.3 Å². The van der Waals surface area contributed by atoms with Crippen molar-refractivity contribution in [1.29, 1.82) is 0 Å². The Morgan fingerprint density at radius 2 is 1.94 bits per heavy atom. The molecule has 1 N–H and O–H groups in total. The predicted octanol–water partition coefficient (Wildman–Crippen LogP) is 2.43. The van der Waals surface area contributed by atoms with Crippen molar-refractivity contribution in [2.75, 3.05) is 27.3 Å². The van der Waals surface area contributed by atoms with Gasteiger partial charge in [-0.25, -0.2) is 0 Å². The van der Waals surface area contributed by atoms with Gasteiger partial charge in [0.1, 0.15) is 11.5 Å². The van der Waals surface area contributed by atoms with Gasteiger partial charge in [0, 0.05) is 18.0 Å². The highest BCUT2D eigenvalue weighted by molar-refractivity contribution is 6.33. The number of hydrogen-bond acceptors (Lipinski definition) is 3. The summed E-state index contributed by atoms with van der Waals surface area (Å²) in [5.41, 5.74) is 1.06. The molecule has 0 spiro atoms. The number of methoxy groups -OCH3 is 2. The molecule has 1 aromatic carbocycles. The summed E-state index contributed by atoms with van der Waals surface area (Å²) < 4.78 is 10.6. The predicted molar refractivity (Wildman–Crippen MR) is 64.8 cm³/mol. The zero-order chi connectivity index (χ0) is 11.5.